The van der Waals surface area contributed by atoms with Gasteiger partial charge in [-0.1, -0.05) is 12.1 Å². The molecule has 1 aliphatic heterocycles. The number of rotatable bonds is 3. The summed E-state index contributed by atoms with van der Waals surface area (Å²) in [5.74, 6) is -1.27. The smallest absolute Gasteiger partial charge is 0.310 e. The lowest BCUT2D eigenvalue weighted by atomic mass is 10.0. The van der Waals surface area contributed by atoms with Crippen LogP contribution in [0.3, 0.4) is 0 Å². The number of hydrogen-bond acceptors (Lipinski definition) is 3. The molecular weight excluding hydrogens is 204 g/mol. The molecule has 0 saturated heterocycles. The summed E-state index contributed by atoms with van der Waals surface area (Å²) < 4.78 is 0. The summed E-state index contributed by atoms with van der Waals surface area (Å²) in [5, 5.41) is 8.95. The van der Waals surface area contributed by atoms with Gasteiger partial charge in [0.15, 0.2) is 0 Å². The van der Waals surface area contributed by atoms with Crippen LogP contribution in [0.1, 0.15) is 18.4 Å². The summed E-state index contributed by atoms with van der Waals surface area (Å²) in [7, 11) is 0. The lowest BCUT2D eigenvalue weighted by Gasteiger charge is -2.16. The number of benzene rings is 1. The number of hydrogen-bond donors (Lipinski definition) is 1. The van der Waals surface area contributed by atoms with Gasteiger partial charge >= 0.3 is 5.97 Å². The second-order valence-electron chi connectivity index (χ2n) is 3.87. The highest BCUT2D eigenvalue weighted by Crippen LogP contribution is 2.22. The van der Waals surface area contributed by atoms with E-state index in [0.29, 0.717) is 0 Å². The third-order valence-corrected chi connectivity index (χ3v) is 2.76. The van der Waals surface area contributed by atoms with Crippen molar-refractivity contribution >= 4 is 18.0 Å². The highest BCUT2D eigenvalue weighted by molar-refractivity contribution is 5.82. The van der Waals surface area contributed by atoms with Gasteiger partial charge in [0, 0.05) is 12.2 Å². The van der Waals surface area contributed by atoms with Crippen LogP contribution >= 0.6 is 0 Å². The molecule has 2 rings (SSSR count). The number of carbonyl (C=O) groups is 1. The van der Waals surface area contributed by atoms with Crippen LogP contribution in [0.25, 0.3) is 0 Å². The van der Waals surface area contributed by atoms with Gasteiger partial charge in [0.2, 0.25) is 0 Å². The lowest BCUT2D eigenvalue weighted by molar-refractivity contribution is -0.138. The van der Waals surface area contributed by atoms with Gasteiger partial charge < -0.3 is 10.0 Å². The molecule has 84 valence electrons. The Hall–Kier alpha value is -1.84. The van der Waals surface area contributed by atoms with Crippen LogP contribution in [0.4, 0.5) is 5.69 Å². The van der Waals surface area contributed by atoms with Crippen molar-refractivity contribution in [2.45, 2.75) is 12.8 Å². The largest absolute Gasteiger partial charge is 0.481 e. The van der Waals surface area contributed by atoms with Crippen molar-refractivity contribution in [3.8, 4) is 0 Å². The van der Waals surface area contributed by atoms with E-state index < -0.39 is 11.9 Å². The summed E-state index contributed by atoms with van der Waals surface area (Å²) in [6.45, 7) is 3.36. The number of aliphatic imine (C=N–C) groups is 1. The lowest BCUT2D eigenvalue weighted by Crippen LogP contribution is -2.18. The minimum atomic E-state index is -0.799. The van der Waals surface area contributed by atoms with Crippen molar-refractivity contribution in [3.05, 3.63) is 29.8 Å². The number of nitrogens with zero attached hydrogens (tertiary/aromatic N) is 2. The Morgan fingerprint density at radius 3 is 3.00 bits per heavy atom. The third-order valence-electron chi connectivity index (χ3n) is 2.76. The Morgan fingerprint density at radius 2 is 2.38 bits per heavy atom. The van der Waals surface area contributed by atoms with Crippen LogP contribution < -0.4 is 4.90 Å². The first kappa shape index (κ1) is 10.7. The Kier molecular flexibility index (Phi) is 2.90. The average molecular weight is 218 g/mol. The molecule has 0 fully saturated rings. The molecule has 16 heavy (non-hydrogen) atoms. The van der Waals surface area contributed by atoms with Crippen LogP contribution in [0.5, 0.6) is 0 Å². The SMILES string of the molecule is CC(C(=O)O)c1cccc(N2C=NCC2)c1. The first-order chi connectivity index (χ1) is 7.68. The molecule has 0 radical (unpaired) electrons. The fraction of sp³-hybridized carbons (Fsp3) is 0.333. The molecule has 1 N–H and O–H groups in total. The van der Waals surface area contributed by atoms with Gasteiger partial charge in [0.1, 0.15) is 0 Å². The van der Waals surface area contributed by atoms with Gasteiger partial charge in [0.05, 0.1) is 18.8 Å². The molecule has 4 heteroatoms. The summed E-state index contributed by atoms with van der Waals surface area (Å²) in [6.07, 6.45) is 1.80. The number of aliphatic carboxylic acids is 1. The quantitative estimate of drug-likeness (QED) is 0.840. The third kappa shape index (κ3) is 2.05. The van der Waals surface area contributed by atoms with Gasteiger partial charge in [-0.25, -0.2) is 0 Å². The Labute approximate surface area is 94.2 Å². The maximum Gasteiger partial charge on any atom is 0.310 e. The molecule has 4 nitrogen and oxygen atoms in total. The second kappa shape index (κ2) is 4.35. The fourth-order valence-corrected chi connectivity index (χ4v) is 1.69. The van der Waals surface area contributed by atoms with Crippen molar-refractivity contribution in [2.75, 3.05) is 18.0 Å². The highest BCUT2D eigenvalue weighted by atomic mass is 16.4. The first-order valence-corrected chi connectivity index (χ1v) is 5.28. The predicted molar refractivity (Wildman–Crippen MR) is 63.2 cm³/mol. The molecule has 0 bridgehead atoms. The molecule has 0 aromatic heterocycles. The minimum Gasteiger partial charge on any atom is -0.481 e. The van der Waals surface area contributed by atoms with E-state index in [-0.39, 0.29) is 0 Å². The van der Waals surface area contributed by atoms with Crippen LogP contribution in [-0.2, 0) is 4.79 Å². The van der Waals surface area contributed by atoms with E-state index in [4.69, 9.17) is 5.11 Å². The molecule has 1 aromatic rings. The van der Waals surface area contributed by atoms with Crippen LogP contribution in [-0.4, -0.2) is 30.5 Å². The molecule has 1 aromatic carbocycles. The topological polar surface area (TPSA) is 52.9 Å². The van der Waals surface area contributed by atoms with Gasteiger partial charge in [-0.2, -0.15) is 0 Å². The fourth-order valence-electron chi connectivity index (χ4n) is 1.69. The molecule has 1 aliphatic rings. The Morgan fingerprint density at radius 1 is 1.56 bits per heavy atom. The maximum absolute atomic E-state index is 10.9. The molecule has 0 amide bonds. The number of carboxylic acids is 1. The van der Waals surface area contributed by atoms with Gasteiger partial charge in [-0.05, 0) is 24.6 Å². The van der Waals surface area contributed by atoms with Crippen LogP contribution in [0.2, 0.25) is 0 Å². The van der Waals surface area contributed by atoms with Crippen LogP contribution in [0.15, 0.2) is 29.3 Å². The molecule has 0 saturated carbocycles. The zero-order valence-corrected chi connectivity index (χ0v) is 9.13. The minimum absolute atomic E-state index is 0.473. The molecule has 1 heterocycles. The van der Waals surface area contributed by atoms with Crippen LogP contribution in [0, 0.1) is 0 Å². The maximum atomic E-state index is 10.9. The number of anilines is 1. The molecule has 1 atom stereocenters. The van der Waals surface area contributed by atoms with E-state index in [0.717, 1.165) is 24.3 Å². The van der Waals surface area contributed by atoms with Crippen molar-refractivity contribution in [3.63, 3.8) is 0 Å². The van der Waals surface area contributed by atoms with Crippen molar-refractivity contribution in [1.82, 2.24) is 0 Å². The zero-order valence-electron chi connectivity index (χ0n) is 9.13. The average Bonchev–Trinajstić information content (AvgIpc) is 2.81. The summed E-state index contributed by atoms with van der Waals surface area (Å²) in [6, 6.07) is 7.61. The zero-order chi connectivity index (χ0) is 11.5. The van der Waals surface area contributed by atoms with Gasteiger partial charge in [-0.15, -0.1) is 0 Å². The highest BCUT2D eigenvalue weighted by Gasteiger charge is 2.15. The monoisotopic (exact) mass is 218 g/mol. The molecule has 0 aliphatic carbocycles. The van der Waals surface area contributed by atoms with E-state index in [1.807, 2.05) is 29.2 Å². The Bertz CT molecular complexity index is 412. The normalized spacial score (nSPS) is 16.4. The van der Waals surface area contributed by atoms with Crippen molar-refractivity contribution in [1.29, 1.82) is 0 Å². The van der Waals surface area contributed by atoms with Gasteiger partial charge in [0.25, 0.3) is 0 Å². The molecule has 1 unspecified atom stereocenters. The molecule has 0 spiro atoms. The van der Waals surface area contributed by atoms with E-state index in [1.165, 1.54) is 0 Å². The second-order valence-corrected chi connectivity index (χ2v) is 3.87. The summed E-state index contributed by atoms with van der Waals surface area (Å²) in [5.41, 5.74) is 1.83. The van der Waals surface area contributed by atoms with Gasteiger partial charge in [-0.3, -0.25) is 9.79 Å². The standard InChI is InChI=1S/C12H14N2O2/c1-9(12(15)16)10-3-2-4-11(7-10)14-6-5-13-8-14/h2-4,7-9H,5-6H2,1H3,(H,15,16). The van der Waals surface area contributed by atoms with E-state index in [1.54, 1.807) is 13.3 Å². The molecular formula is C12H14N2O2. The predicted octanol–water partition coefficient (Wildman–Crippen LogP) is 1.72. The summed E-state index contributed by atoms with van der Waals surface area (Å²) >= 11 is 0. The van der Waals surface area contributed by atoms with E-state index in [9.17, 15) is 4.79 Å². The first-order valence-electron chi connectivity index (χ1n) is 5.28. The number of carboxylic acid groups (broad SMARTS) is 1. The Balaban J connectivity index is 2.25. The summed E-state index contributed by atoms with van der Waals surface area (Å²) in [4.78, 5) is 17.1. The van der Waals surface area contributed by atoms with E-state index >= 15 is 0 Å². The van der Waals surface area contributed by atoms with E-state index in [2.05, 4.69) is 4.99 Å². The van der Waals surface area contributed by atoms with Crippen molar-refractivity contribution < 1.29 is 9.90 Å². The van der Waals surface area contributed by atoms with Crippen molar-refractivity contribution in [2.24, 2.45) is 4.99 Å².